The lowest BCUT2D eigenvalue weighted by molar-refractivity contribution is -0.131. The second-order valence-electron chi connectivity index (χ2n) is 6.94. The highest BCUT2D eigenvalue weighted by Crippen LogP contribution is 2.41. The minimum absolute atomic E-state index is 0.109. The fraction of sp³-hybridized carbons (Fsp3) is 0.250. The van der Waals surface area contributed by atoms with Gasteiger partial charge < -0.3 is 9.73 Å². The average molecular weight is 363 g/mol. The number of hydrogen-bond acceptors (Lipinski definition) is 4. The number of urea groups is 1. The molecule has 0 bridgehead atoms. The normalized spacial score (nSPS) is 21.3. The van der Waals surface area contributed by atoms with E-state index in [1.165, 1.54) is 9.47 Å². The number of oxazole rings is 1. The summed E-state index contributed by atoms with van der Waals surface area (Å²) in [7, 11) is 0. The summed E-state index contributed by atoms with van der Waals surface area (Å²) in [6.45, 7) is 0.296. The van der Waals surface area contributed by atoms with E-state index >= 15 is 0 Å². The lowest BCUT2D eigenvalue weighted by Gasteiger charge is -2.22. The Morgan fingerprint density at radius 1 is 1.00 bits per heavy atom. The molecule has 136 valence electrons. The number of carbonyl (C=O) groups is 2. The molecule has 2 heterocycles. The lowest BCUT2D eigenvalue weighted by Crippen LogP contribution is -2.42. The first-order chi connectivity index (χ1) is 13.1. The molecule has 7 nitrogen and oxygen atoms in total. The van der Waals surface area contributed by atoms with Crippen LogP contribution < -0.4 is 11.1 Å². The molecule has 3 amide bonds. The molecule has 1 aliphatic carbocycles. The fourth-order valence-electron chi connectivity index (χ4n) is 4.22. The van der Waals surface area contributed by atoms with Crippen LogP contribution in [0.15, 0.2) is 57.7 Å². The van der Waals surface area contributed by atoms with Gasteiger partial charge in [-0.15, -0.1) is 0 Å². The maximum absolute atomic E-state index is 13.1. The van der Waals surface area contributed by atoms with E-state index in [1.807, 2.05) is 30.3 Å². The summed E-state index contributed by atoms with van der Waals surface area (Å²) >= 11 is 0. The molecule has 1 unspecified atom stereocenters. The summed E-state index contributed by atoms with van der Waals surface area (Å²) in [4.78, 5) is 39.0. The summed E-state index contributed by atoms with van der Waals surface area (Å²) in [5.41, 5.74) is 2.12. The number of rotatable bonds is 3. The molecular weight excluding hydrogens is 346 g/mol. The highest BCUT2D eigenvalue weighted by atomic mass is 16.4. The van der Waals surface area contributed by atoms with E-state index in [9.17, 15) is 14.4 Å². The largest absolute Gasteiger partial charge is 0.420 e. The van der Waals surface area contributed by atoms with Crippen LogP contribution in [0.25, 0.3) is 11.1 Å². The third kappa shape index (κ3) is 2.17. The Bertz CT molecular complexity index is 1150. The molecule has 1 N–H and O–H groups in total. The Morgan fingerprint density at radius 3 is 2.67 bits per heavy atom. The van der Waals surface area contributed by atoms with Gasteiger partial charge in [-0.3, -0.25) is 14.3 Å². The summed E-state index contributed by atoms with van der Waals surface area (Å²) < 4.78 is 6.66. The number of aryl methyl sites for hydroxylation is 1. The van der Waals surface area contributed by atoms with E-state index < -0.39 is 17.3 Å². The Kier molecular flexibility index (Phi) is 3.28. The number of benzene rings is 2. The number of nitrogens with one attached hydrogen (secondary N) is 1. The van der Waals surface area contributed by atoms with E-state index in [0.29, 0.717) is 17.5 Å². The van der Waals surface area contributed by atoms with Crippen molar-refractivity contribution in [2.45, 2.75) is 24.9 Å². The van der Waals surface area contributed by atoms with Crippen molar-refractivity contribution in [1.29, 1.82) is 0 Å². The first-order valence-corrected chi connectivity index (χ1v) is 8.91. The number of fused-ring (bicyclic) bond motifs is 3. The molecule has 27 heavy (non-hydrogen) atoms. The van der Waals surface area contributed by atoms with Crippen molar-refractivity contribution in [2.75, 3.05) is 6.54 Å². The Balaban J connectivity index is 1.44. The SMILES string of the molecule is O=C1NC2(CCc3ccccc32)C(=O)N1CCn1c(=O)oc2ccccc21. The molecule has 1 spiro atoms. The van der Waals surface area contributed by atoms with Gasteiger partial charge in [-0.25, -0.2) is 9.59 Å². The van der Waals surface area contributed by atoms with Gasteiger partial charge in [0.15, 0.2) is 5.58 Å². The van der Waals surface area contributed by atoms with Crippen molar-refractivity contribution in [2.24, 2.45) is 0 Å². The van der Waals surface area contributed by atoms with Crippen LogP contribution in [0.5, 0.6) is 0 Å². The van der Waals surface area contributed by atoms with Crippen LogP contribution >= 0.6 is 0 Å². The molecule has 1 saturated heterocycles. The van der Waals surface area contributed by atoms with Gasteiger partial charge >= 0.3 is 11.8 Å². The third-order valence-electron chi connectivity index (χ3n) is 5.54. The quantitative estimate of drug-likeness (QED) is 0.721. The summed E-state index contributed by atoms with van der Waals surface area (Å²) in [6.07, 6.45) is 1.31. The highest BCUT2D eigenvalue weighted by molar-refractivity contribution is 6.08. The molecule has 2 aliphatic rings. The van der Waals surface area contributed by atoms with Crippen molar-refractivity contribution < 1.29 is 14.0 Å². The number of hydrogen-bond donors (Lipinski definition) is 1. The molecule has 7 heteroatoms. The Labute approximate surface area is 154 Å². The zero-order chi connectivity index (χ0) is 18.6. The topological polar surface area (TPSA) is 84.5 Å². The van der Waals surface area contributed by atoms with Crippen LogP contribution in [0, 0.1) is 0 Å². The van der Waals surface area contributed by atoms with Gasteiger partial charge in [-0.05, 0) is 36.1 Å². The monoisotopic (exact) mass is 363 g/mol. The standard InChI is InChI=1S/C20H17N3O4/c24-17-20(10-9-13-5-1-2-6-14(13)20)21-18(25)23(17)12-11-22-15-7-3-4-8-16(15)27-19(22)26/h1-8H,9-12H2,(H,21,25). The molecular formula is C20H17N3O4. The second kappa shape index (κ2) is 5.57. The maximum Gasteiger partial charge on any atom is 0.420 e. The number of para-hydroxylation sites is 2. The molecule has 1 aromatic heterocycles. The van der Waals surface area contributed by atoms with Gasteiger partial charge in [0.05, 0.1) is 5.52 Å². The van der Waals surface area contributed by atoms with Gasteiger partial charge in [-0.2, -0.15) is 0 Å². The minimum Gasteiger partial charge on any atom is -0.408 e. The molecule has 5 rings (SSSR count). The second-order valence-corrected chi connectivity index (χ2v) is 6.94. The minimum atomic E-state index is -0.975. The molecule has 0 radical (unpaired) electrons. The number of aromatic nitrogens is 1. The van der Waals surface area contributed by atoms with E-state index in [1.54, 1.807) is 18.2 Å². The predicted molar refractivity (Wildman–Crippen MR) is 97.2 cm³/mol. The van der Waals surface area contributed by atoms with Crippen LogP contribution in [-0.4, -0.2) is 28.0 Å². The van der Waals surface area contributed by atoms with Crippen LogP contribution in [0.3, 0.4) is 0 Å². The van der Waals surface area contributed by atoms with Crippen LogP contribution in [-0.2, 0) is 23.3 Å². The van der Waals surface area contributed by atoms with E-state index in [4.69, 9.17) is 4.42 Å². The molecule has 1 aliphatic heterocycles. The lowest BCUT2D eigenvalue weighted by atomic mass is 9.92. The highest BCUT2D eigenvalue weighted by Gasteiger charge is 2.54. The van der Waals surface area contributed by atoms with Crippen molar-refractivity contribution >= 4 is 23.0 Å². The number of amides is 3. The number of nitrogens with zero attached hydrogens (tertiary/aromatic N) is 2. The molecule has 3 aromatic rings. The van der Waals surface area contributed by atoms with Crippen LogP contribution in [0.4, 0.5) is 4.79 Å². The summed E-state index contributed by atoms with van der Waals surface area (Å²) in [5.74, 6) is -0.748. The summed E-state index contributed by atoms with van der Waals surface area (Å²) in [6, 6.07) is 14.4. The van der Waals surface area contributed by atoms with Gasteiger partial charge in [0.2, 0.25) is 0 Å². The van der Waals surface area contributed by atoms with Crippen LogP contribution in [0.2, 0.25) is 0 Å². The fourth-order valence-corrected chi connectivity index (χ4v) is 4.22. The number of imide groups is 1. The zero-order valence-corrected chi connectivity index (χ0v) is 14.5. The van der Waals surface area contributed by atoms with E-state index in [0.717, 1.165) is 17.5 Å². The van der Waals surface area contributed by atoms with Gasteiger partial charge in [0, 0.05) is 13.1 Å². The smallest absolute Gasteiger partial charge is 0.408 e. The molecule has 1 fully saturated rings. The first kappa shape index (κ1) is 15.9. The first-order valence-electron chi connectivity index (χ1n) is 8.91. The van der Waals surface area contributed by atoms with Crippen molar-refractivity contribution in [3.8, 4) is 0 Å². The predicted octanol–water partition coefficient (Wildman–Crippen LogP) is 1.99. The summed E-state index contributed by atoms with van der Waals surface area (Å²) in [5, 5.41) is 2.89. The van der Waals surface area contributed by atoms with Gasteiger partial charge in [0.25, 0.3) is 5.91 Å². The van der Waals surface area contributed by atoms with Crippen molar-refractivity contribution in [3.63, 3.8) is 0 Å². The van der Waals surface area contributed by atoms with Gasteiger partial charge in [0.1, 0.15) is 5.54 Å². The Morgan fingerprint density at radius 2 is 1.78 bits per heavy atom. The van der Waals surface area contributed by atoms with E-state index in [-0.39, 0.29) is 19.0 Å². The zero-order valence-electron chi connectivity index (χ0n) is 14.5. The molecule has 2 aromatic carbocycles. The average Bonchev–Trinajstić information content (AvgIpc) is 3.28. The molecule has 0 saturated carbocycles. The maximum atomic E-state index is 13.1. The van der Waals surface area contributed by atoms with E-state index in [2.05, 4.69) is 5.32 Å². The number of carbonyl (C=O) groups excluding carboxylic acids is 2. The van der Waals surface area contributed by atoms with Crippen LogP contribution in [0.1, 0.15) is 17.5 Å². The molecule has 1 atom stereocenters. The van der Waals surface area contributed by atoms with Gasteiger partial charge in [-0.1, -0.05) is 36.4 Å². The third-order valence-corrected chi connectivity index (χ3v) is 5.54. The van der Waals surface area contributed by atoms with Crippen molar-refractivity contribution in [1.82, 2.24) is 14.8 Å². The Hall–Kier alpha value is -3.35. The van der Waals surface area contributed by atoms with Crippen molar-refractivity contribution in [3.05, 3.63) is 70.2 Å².